The van der Waals surface area contributed by atoms with E-state index in [1.165, 1.54) is 0 Å². The molecule has 0 aliphatic heterocycles. The Morgan fingerprint density at radius 3 is 1.47 bits per heavy atom. The summed E-state index contributed by atoms with van der Waals surface area (Å²) in [5, 5.41) is 8.30. The van der Waals surface area contributed by atoms with Crippen LogP contribution in [0.25, 0.3) is 5.57 Å². The number of carbonyl (C=O) groups excluding carboxylic acids is 1. The highest BCUT2D eigenvalue weighted by Crippen LogP contribution is 2.26. The fraction of sp³-hybridized carbons (Fsp3) is 0.386. The molecule has 0 aliphatic rings. The number of hydrogen-bond acceptors (Lipinski definition) is 9. The van der Waals surface area contributed by atoms with Crippen LogP contribution in [0.5, 0.6) is 11.5 Å². The molecule has 1 unspecified atom stereocenters. The molecule has 4 rings (SSSR count). The van der Waals surface area contributed by atoms with Crippen molar-refractivity contribution in [2.24, 2.45) is 0 Å². The molecule has 1 atom stereocenters. The van der Waals surface area contributed by atoms with Crippen LogP contribution in [-0.4, -0.2) is 91.7 Å². The van der Waals surface area contributed by atoms with Gasteiger partial charge in [-0.05, 0) is 59.4 Å². The van der Waals surface area contributed by atoms with Crippen LogP contribution in [0, 0.1) is 0 Å². The van der Waals surface area contributed by atoms with Gasteiger partial charge in [-0.2, -0.15) is 0 Å². The number of aliphatic hydroxyl groups excluding tert-OH is 1. The Balaban J connectivity index is 0.000000308. The van der Waals surface area contributed by atoms with Crippen LogP contribution in [0.3, 0.4) is 0 Å². The number of rotatable bonds is 23. The maximum absolute atomic E-state index is 11.2. The van der Waals surface area contributed by atoms with E-state index in [2.05, 4.69) is 26.0 Å². The zero-order valence-corrected chi connectivity index (χ0v) is 31.8. The van der Waals surface area contributed by atoms with Crippen LogP contribution in [-0.2, 0) is 28.5 Å². The summed E-state index contributed by atoms with van der Waals surface area (Å²) in [7, 11) is 3.29. The standard InChI is InChI=1S/C22H28O4.C15H14O2.C7H16O3/c1-3-13-24-14-15-25-16-17-26-18-22(19-7-5-4-6-8-19)20-9-11-21(23-2)12-10-20;1-17-14-9-7-13(8-10-14)15(11-16)12-5-3-2-4-6-12;1-2-4-9-6-7-10-5-3-8/h4-12,18H,3,13-17H2,1-2H3;2-11,15H,1H3;8H,2-7H2,1H3/b22-18+;;. The third kappa shape index (κ3) is 19.2. The summed E-state index contributed by atoms with van der Waals surface area (Å²) in [6.07, 6.45) is 4.84. The van der Waals surface area contributed by atoms with Gasteiger partial charge in [0.1, 0.15) is 24.4 Å². The lowest BCUT2D eigenvalue weighted by Crippen LogP contribution is -2.08. The Hall–Kier alpha value is -4.51. The van der Waals surface area contributed by atoms with Gasteiger partial charge in [0, 0.05) is 18.8 Å². The molecule has 9 heteroatoms. The Kier molecular flexibility index (Phi) is 25.3. The first-order chi connectivity index (χ1) is 26.1. The summed E-state index contributed by atoms with van der Waals surface area (Å²) in [4.78, 5) is 11.2. The molecule has 4 aromatic carbocycles. The number of ether oxygens (including phenoxy) is 7. The van der Waals surface area contributed by atoms with Crippen LogP contribution in [0.4, 0.5) is 0 Å². The third-order valence-electron chi connectivity index (χ3n) is 7.48. The predicted molar refractivity (Wildman–Crippen MR) is 211 cm³/mol. The van der Waals surface area contributed by atoms with E-state index in [0.717, 1.165) is 71.7 Å². The van der Waals surface area contributed by atoms with Gasteiger partial charge < -0.3 is 43.1 Å². The van der Waals surface area contributed by atoms with E-state index >= 15 is 0 Å². The summed E-state index contributed by atoms with van der Waals surface area (Å²) >= 11 is 0. The Labute approximate surface area is 316 Å². The summed E-state index contributed by atoms with van der Waals surface area (Å²) in [5.41, 5.74) is 5.19. The summed E-state index contributed by atoms with van der Waals surface area (Å²) < 4.78 is 37.0. The van der Waals surface area contributed by atoms with Crippen molar-refractivity contribution in [3.63, 3.8) is 0 Å². The topological polar surface area (TPSA) is 102 Å². The zero-order chi connectivity index (χ0) is 38.2. The Bertz CT molecular complexity index is 1450. The van der Waals surface area contributed by atoms with Gasteiger partial charge >= 0.3 is 0 Å². The molecular weight excluding hydrogens is 672 g/mol. The predicted octanol–water partition coefficient (Wildman–Crippen LogP) is 7.99. The fourth-order valence-electron chi connectivity index (χ4n) is 4.76. The fourth-order valence-corrected chi connectivity index (χ4v) is 4.76. The van der Waals surface area contributed by atoms with Crippen molar-refractivity contribution in [2.45, 2.75) is 32.6 Å². The smallest absolute Gasteiger partial charge is 0.131 e. The van der Waals surface area contributed by atoms with Gasteiger partial charge in [-0.3, -0.25) is 0 Å². The van der Waals surface area contributed by atoms with Crippen molar-refractivity contribution in [1.82, 2.24) is 0 Å². The van der Waals surface area contributed by atoms with E-state index in [1.54, 1.807) is 20.5 Å². The normalized spacial score (nSPS) is 11.3. The van der Waals surface area contributed by atoms with Gasteiger partial charge in [0.25, 0.3) is 0 Å². The lowest BCUT2D eigenvalue weighted by molar-refractivity contribution is -0.108. The van der Waals surface area contributed by atoms with E-state index < -0.39 is 0 Å². The van der Waals surface area contributed by atoms with Crippen molar-refractivity contribution >= 4 is 11.9 Å². The van der Waals surface area contributed by atoms with Crippen LogP contribution in [0.1, 0.15) is 54.9 Å². The van der Waals surface area contributed by atoms with Gasteiger partial charge in [0.05, 0.1) is 72.6 Å². The van der Waals surface area contributed by atoms with E-state index in [-0.39, 0.29) is 12.5 Å². The molecule has 0 heterocycles. The minimum absolute atomic E-state index is 0.0910. The van der Waals surface area contributed by atoms with Crippen molar-refractivity contribution in [3.8, 4) is 11.5 Å². The first-order valence-electron chi connectivity index (χ1n) is 18.2. The molecule has 0 saturated carbocycles. The van der Waals surface area contributed by atoms with Crippen molar-refractivity contribution in [3.05, 3.63) is 138 Å². The minimum Gasteiger partial charge on any atom is -0.498 e. The summed E-state index contributed by atoms with van der Waals surface area (Å²) in [5.74, 6) is 1.43. The molecular formula is C44H58O9. The molecule has 0 amide bonds. The lowest BCUT2D eigenvalue weighted by Gasteiger charge is -2.11. The number of methoxy groups -OCH3 is 2. The molecule has 0 saturated heterocycles. The molecule has 288 valence electrons. The monoisotopic (exact) mass is 730 g/mol. The number of aliphatic hydroxyl groups is 1. The van der Waals surface area contributed by atoms with Gasteiger partial charge in [-0.25, -0.2) is 0 Å². The van der Waals surface area contributed by atoms with Crippen molar-refractivity contribution < 1.29 is 43.1 Å². The van der Waals surface area contributed by atoms with Crippen molar-refractivity contribution in [1.29, 1.82) is 0 Å². The molecule has 4 aromatic rings. The first-order valence-corrected chi connectivity index (χ1v) is 18.2. The summed E-state index contributed by atoms with van der Waals surface area (Å²) in [6.45, 7) is 9.71. The van der Waals surface area contributed by atoms with Gasteiger partial charge in [-0.1, -0.05) is 98.8 Å². The highest BCUT2D eigenvalue weighted by molar-refractivity contribution is 5.79. The van der Waals surface area contributed by atoms with Crippen LogP contribution in [0.2, 0.25) is 0 Å². The molecule has 53 heavy (non-hydrogen) atoms. The first kappa shape index (κ1) is 44.7. The van der Waals surface area contributed by atoms with E-state index in [9.17, 15) is 4.79 Å². The average molecular weight is 731 g/mol. The van der Waals surface area contributed by atoms with E-state index in [4.69, 9.17) is 38.3 Å². The average Bonchev–Trinajstić information content (AvgIpc) is 3.22. The zero-order valence-electron chi connectivity index (χ0n) is 31.8. The molecule has 0 aliphatic carbocycles. The Morgan fingerprint density at radius 1 is 0.547 bits per heavy atom. The third-order valence-corrected chi connectivity index (χ3v) is 7.48. The molecule has 0 spiro atoms. The largest absolute Gasteiger partial charge is 0.498 e. The second-order valence-electron chi connectivity index (χ2n) is 11.5. The van der Waals surface area contributed by atoms with Crippen LogP contribution < -0.4 is 9.47 Å². The molecule has 0 aromatic heterocycles. The molecule has 0 radical (unpaired) electrons. The molecule has 0 fully saturated rings. The SMILES string of the molecule is CCCOCCOCCO.CCCOCCOCCO/C=C(\c1ccccc1)c1ccc(OC)cc1.COc1ccc(C(C=O)c2ccccc2)cc1. The van der Waals surface area contributed by atoms with E-state index in [1.807, 2.05) is 97.1 Å². The highest BCUT2D eigenvalue weighted by atomic mass is 16.5. The molecule has 9 nitrogen and oxygen atoms in total. The van der Waals surface area contributed by atoms with Gasteiger partial charge in [0.15, 0.2) is 0 Å². The highest BCUT2D eigenvalue weighted by Gasteiger charge is 2.12. The number of carbonyl (C=O) groups is 1. The minimum atomic E-state index is -0.206. The van der Waals surface area contributed by atoms with Gasteiger partial charge in [0.2, 0.25) is 0 Å². The second kappa shape index (κ2) is 30.0. The second-order valence-corrected chi connectivity index (χ2v) is 11.5. The summed E-state index contributed by atoms with van der Waals surface area (Å²) in [6, 6.07) is 35.5. The quantitative estimate of drug-likeness (QED) is 0.0462. The molecule has 1 N–H and O–H groups in total. The Morgan fingerprint density at radius 2 is 0.981 bits per heavy atom. The maximum atomic E-state index is 11.2. The van der Waals surface area contributed by atoms with Crippen molar-refractivity contribution in [2.75, 3.05) is 80.3 Å². The van der Waals surface area contributed by atoms with E-state index in [0.29, 0.717) is 46.2 Å². The number of benzene rings is 4. The number of aldehydes is 1. The lowest BCUT2D eigenvalue weighted by atomic mass is 9.93. The van der Waals surface area contributed by atoms with Gasteiger partial charge in [-0.15, -0.1) is 0 Å². The maximum Gasteiger partial charge on any atom is 0.131 e. The number of hydrogen-bond donors (Lipinski definition) is 1. The molecule has 0 bridgehead atoms. The van der Waals surface area contributed by atoms with Crippen LogP contribution in [0.15, 0.2) is 115 Å². The van der Waals surface area contributed by atoms with Crippen LogP contribution >= 0.6 is 0 Å².